The van der Waals surface area contributed by atoms with Crippen molar-refractivity contribution in [1.29, 1.82) is 0 Å². The van der Waals surface area contributed by atoms with Gasteiger partial charge in [-0.3, -0.25) is 4.79 Å². The lowest BCUT2D eigenvalue weighted by atomic mass is 9.89. The normalized spacial score (nSPS) is 22.8. The Morgan fingerprint density at radius 2 is 1.57 bits per heavy atom. The molecule has 0 N–H and O–H groups in total. The SMILES string of the molecule is C[C@H]1c2ccccc2N2C[C@@H](Cc3ccc(C(=O)c4ccccc4)cc3)C[C@H]12. The van der Waals surface area contributed by atoms with Crippen molar-refractivity contribution in [2.45, 2.75) is 31.7 Å². The molecule has 2 aliphatic heterocycles. The molecule has 0 bridgehead atoms. The van der Waals surface area contributed by atoms with E-state index < -0.39 is 0 Å². The highest BCUT2D eigenvalue weighted by atomic mass is 16.1. The second-order valence-corrected chi connectivity index (χ2v) is 8.27. The van der Waals surface area contributed by atoms with Gasteiger partial charge in [-0.15, -0.1) is 0 Å². The Morgan fingerprint density at radius 1 is 0.893 bits per heavy atom. The van der Waals surface area contributed by atoms with E-state index in [-0.39, 0.29) is 5.78 Å². The number of carbonyl (C=O) groups is 1. The van der Waals surface area contributed by atoms with Gasteiger partial charge in [0.1, 0.15) is 0 Å². The summed E-state index contributed by atoms with van der Waals surface area (Å²) in [6, 6.07) is 27.3. The molecule has 28 heavy (non-hydrogen) atoms. The summed E-state index contributed by atoms with van der Waals surface area (Å²) in [5, 5.41) is 0. The number of para-hydroxylation sites is 1. The minimum atomic E-state index is 0.0964. The Balaban J connectivity index is 1.28. The highest BCUT2D eigenvalue weighted by Crippen LogP contribution is 2.47. The number of nitrogens with zero attached hydrogens (tertiary/aromatic N) is 1. The standard InChI is InChI=1S/C26H25NO/c1-18-23-9-5-6-10-24(23)27-17-20(16-25(18)27)15-19-11-13-22(14-12-19)26(28)21-7-3-2-4-8-21/h2-14,18,20,25H,15-17H2,1H3/t18-,20-,25+/m0/s1. The third-order valence-corrected chi connectivity index (χ3v) is 6.52. The van der Waals surface area contributed by atoms with E-state index in [0.717, 1.165) is 24.1 Å². The van der Waals surface area contributed by atoms with Gasteiger partial charge >= 0.3 is 0 Å². The van der Waals surface area contributed by atoms with Gasteiger partial charge in [-0.05, 0) is 36.0 Å². The van der Waals surface area contributed by atoms with Gasteiger partial charge in [0.05, 0.1) is 0 Å². The second kappa shape index (κ2) is 6.94. The van der Waals surface area contributed by atoms with Gasteiger partial charge in [0, 0.05) is 35.3 Å². The van der Waals surface area contributed by atoms with E-state index in [1.165, 1.54) is 23.2 Å². The zero-order chi connectivity index (χ0) is 19.1. The highest BCUT2D eigenvalue weighted by Gasteiger charge is 2.42. The highest BCUT2D eigenvalue weighted by molar-refractivity contribution is 6.08. The zero-order valence-corrected chi connectivity index (χ0v) is 16.2. The Labute approximate surface area is 166 Å². The number of hydrogen-bond acceptors (Lipinski definition) is 2. The molecule has 2 heterocycles. The van der Waals surface area contributed by atoms with Crippen LogP contribution >= 0.6 is 0 Å². The summed E-state index contributed by atoms with van der Waals surface area (Å²) >= 11 is 0. The average Bonchev–Trinajstić information content (AvgIpc) is 3.27. The smallest absolute Gasteiger partial charge is 0.193 e. The molecule has 0 spiro atoms. The van der Waals surface area contributed by atoms with E-state index >= 15 is 0 Å². The van der Waals surface area contributed by atoms with Crippen LogP contribution in [0.3, 0.4) is 0 Å². The molecule has 0 saturated carbocycles. The van der Waals surface area contributed by atoms with Crippen LogP contribution in [0.25, 0.3) is 0 Å². The van der Waals surface area contributed by atoms with Crippen LogP contribution in [-0.4, -0.2) is 18.4 Å². The molecule has 0 amide bonds. The van der Waals surface area contributed by atoms with Gasteiger partial charge in [0.2, 0.25) is 0 Å². The van der Waals surface area contributed by atoms with Gasteiger partial charge in [-0.25, -0.2) is 0 Å². The predicted molar refractivity (Wildman–Crippen MR) is 114 cm³/mol. The third-order valence-electron chi connectivity index (χ3n) is 6.52. The Bertz CT molecular complexity index is 992. The molecule has 1 fully saturated rings. The fourth-order valence-electron chi connectivity index (χ4n) is 5.08. The Hall–Kier alpha value is -2.87. The summed E-state index contributed by atoms with van der Waals surface area (Å²) in [7, 11) is 0. The summed E-state index contributed by atoms with van der Waals surface area (Å²) in [4.78, 5) is 15.2. The maximum absolute atomic E-state index is 12.6. The Kier molecular flexibility index (Phi) is 4.27. The number of rotatable bonds is 4. The van der Waals surface area contributed by atoms with Crippen LogP contribution in [0.2, 0.25) is 0 Å². The van der Waals surface area contributed by atoms with E-state index in [4.69, 9.17) is 0 Å². The molecule has 3 aromatic rings. The minimum absolute atomic E-state index is 0.0964. The quantitative estimate of drug-likeness (QED) is 0.570. The predicted octanol–water partition coefficient (Wildman–Crippen LogP) is 5.47. The van der Waals surface area contributed by atoms with Crippen LogP contribution in [0.15, 0.2) is 78.9 Å². The first-order chi connectivity index (χ1) is 13.7. The van der Waals surface area contributed by atoms with E-state index in [0.29, 0.717) is 17.9 Å². The van der Waals surface area contributed by atoms with Crippen molar-refractivity contribution < 1.29 is 4.79 Å². The van der Waals surface area contributed by atoms with E-state index in [1.54, 1.807) is 0 Å². The van der Waals surface area contributed by atoms with Crippen molar-refractivity contribution in [3.05, 3.63) is 101 Å². The van der Waals surface area contributed by atoms with Crippen molar-refractivity contribution in [1.82, 2.24) is 0 Å². The van der Waals surface area contributed by atoms with Crippen molar-refractivity contribution in [2.75, 3.05) is 11.4 Å². The first-order valence-electron chi connectivity index (χ1n) is 10.2. The molecule has 3 aromatic carbocycles. The monoisotopic (exact) mass is 367 g/mol. The van der Waals surface area contributed by atoms with Crippen LogP contribution in [-0.2, 0) is 6.42 Å². The lowest BCUT2D eigenvalue weighted by Gasteiger charge is -2.20. The average molecular weight is 367 g/mol. The number of benzene rings is 3. The van der Waals surface area contributed by atoms with Crippen molar-refractivity contribution in [2.24, 2.45) is 5.92 Å². The fourth-order valence-corrected chi connectivity index (χ4v) is 5.08. The maximum atomic E-state index is 12.6. The first kappa shape index (κ1) is 17.2. The number of fused-ring (bicyclic) bond motifs is 3. The molecular weight excluding hydrogens is 342 g/mol. The summed E-state index contributed by atoms with van der Waals surface area (Å²) in [5.74, 6) is 1.39. The molecule has 2 nitrogen and oxygen atoms in total. The summed E-state index contributed by atoms with van der Waals surface area (Å²) in [6.45, 7) is 3.51. The van der Waals surface area contributed by atoms with Crippen LogP contribution < -0.4 is 4.90 Å². The van der Waals surface area contributed by atoms with Crippen molar-refractivity contribution in [3.8, 4) is 0 Å². The van der Waals surface area contributed by atoms with E-state index in [2.05, 4.69) is 48.2 Å². The topological polar surface area (TPSA) is 20.3 Å². The Morgan fingerprint density at radius 3 is 2.36 bits per heavy atom. The molecule has 1 saturated heterocycles. The fraction of sp³-hybridized carbons (Fsp3) is 0.269. The molecule has 2 heteroatoms. The third kappa shape index (κ3) is 2.93. The molecule has 2 aliphatic rings. The number of ketones is 1. The second-order valence-electron chi connectivity index (χ2n) is 8.27. The number of carbonyl (C=O) groups excluding carboxylic acids is 1. The molecule has 0 radical (unpaired) electrons. The molecule has 0 unspecified atom stereocenters. The van der Waals surface area contributed by atoms with Gasteiger partial charge < -0.3 is 4.90 Å². The molecule has 140 valence electrons. The molecule has 3 atom stereocenters. The van der Waals surface area contributed by atoms with Crippen molar-refractivity contribution >= 4 is 11.5 Å². The van der Waals surface area contributed by atoms with E-state index in [1.807, 2.05) is 42.5 Å². The zero-order valence-electron chi connectivity index (χ0n) is 16.2. The lowest BCUT2D eigenvalue weighted by Crippen LogP contribution is -2.26. The molecule has 5 rings (SSSR count). The first-order valence-corrected chi connectivity index (χ1v) is 10.2. The lowest BCUT2D eigenvalue weighted by molar-refractivity contribution is 0.103. The van der Waals surface area contributed by atoms with Crippen LogP contribution in [0.4, 0.5) is 5.69 Å². The van der Waals surface area contributed by atoms with Crippen LogP contribution in [0, 0.1) is 5.92 Å². The molecule has 0 aromatic heterocycles. The van der Waals surface area contributed by atoms with Gasteiger partial charge in [-0.2, -0.15) is 0 Å². The van der Waals surface area contributed by atoms with Crippen LogP contribution in [0.1, 0.15) is 46.3 Å². The van der Waals surface area contributed by atoms with Gasteiger partial charge in [0.15, 0.2) is 5.78 Å². The summed E-state index contributed by atoms with van der Waals surface area (Å²) in [6.07, 6.45) is 2.34. The molecule has 0 aliphatic carbocycles. The van der Waals surface area contributed by atoms with Crippen LogP contribution in [0.5, 0.6) is 0 Å². The number of anilines is 1. The van der Waals surface area contributed by atoms with E-state index in [9.17, 15) is 4.79 Å². The summed E-state index contributed by atoms with van der Waals surface area (Å²) in [5.41, 5.74) is 5.79. The van der Waals surface area contributed by atoms with Gasteiger partial charge in [-0.1, -0.05) is 79.7 Å². The molecular formula is C26H25NO. The minimum Gasteiger partial charge on any atom is -0.367 e. The summed E-state index contributed by atoms with van der Waals surface area (Å²) < 4.78 is 0. The van der Waals surface area contributed by atoms with Gasteiger partial charge in [0.25, 0.3) is 0 Å². The maximum Gasteiger partial charge on any atom is 0.193 e. The largest absolute Gasteiger partial charge is 0.367 e. The van der Waals surface area contributed by atoms with Crippen molar-refractivity contribution in [3.63, 3.8) is 0 Å². The number of hydrogen-bond donors (Lipinski definition) is 0.